The number of aromatic nitrogens is 3. The number of carbonyl (C=O) groups excluding carboxylic acids is 1. The molecule has 2 rings (SSSR count). The molecule has 2 atom stereocenters. The molecule has 1 saturated heterocycles. The Bertz CT molecular complexity index is 411. The van der Waals surface area contributed by atoms with Gasteiger partial charge >= 0.3 is 0 Å². The van der Waals surface area contributed by atoms with Crippen molar-refractivity contribution in [1.29, 1.82) is 0 Å². The normalized spacial score (nSPS) is 20.9. The van der Waals surface area contributed by atoms with Crippen LogP contribution in [-0.2, 0) is 4.79 Å². The predicted octanol–water partition coefficient (Wildman–Crippen LogP) is 1.08. The fourth-order valence-electron chi connectivity index (χ4n) is 2.68. The van der Waals surface area contributed by atoms with E-state index in [1.165, 1.54) is 19.2 Å². The maximum atomic E-state index is 12.7. The number of rotatable bonds is 5. The first-order valence-corrected chi connectivity index (χ1v) is 7.45. The molecule has 1 fully saturated rings. The standard InChI is InChI=1S/C14H25N5O/c1-11(2)18(8-13-5-4-6-15-7-13)14(20)12(3)19-10-16-9-17-19/h9-13,15H,4-8H2,1-3H3. The van der Waals surface area contributed by atoms with Gasteiger partial charge in [0, 0.05) is 12.6 Å². The summed E-state index contributed by atoms with van der Waals surface area (Å²) in [5.41, 5.74) is 0. The highest BCUT2D eigenvalue weighted by atomic mass is 16.2. The van der Waals surface area contributed by atoms with Gasteiger partial charge in [-0.05, 0) is 52.6 Å². The molecule has 2 heterocycles. The van der Waals surface area contributed by atoms with Crippen LogP contribution in [0.4, 0.5) is 0 Å². The lowest BCUT2D eigenvalue weighted by atomic mass is 9.98. The van der Waals surface area contributed by atoms with Crippen molar-refractivity contribution in [2.45, 2.75) is 45.7 Å². The number of nitrogens with one attached hydrogen (secondary N) is 1. The quantitative estimate of drug-likeness (QED) is 0.876. The Morgan fingerprint density at radius 3 is 2.85 bits per heavy atom. The molecule has 1 aromatic heterocycles. The summed E-state index contributed by atoms with van der Waals surface area (Å²) in [5, 5.41) is 7.48. The van der Waals surface area contributed by atoms with Crippen LogP contribution in [0, 0.1) is 5.92 Å². The van der Waals surface area contributed by atoms with Crippen molar-refractivity contribution in [3.8, 4) is 0 Å². The number of hydrogen-bond acceptors (Lipinski definition) is 4. The van der Waals surface area contributed by atoms with E-state index in [1.54, 1.807) is 11.0 Å². The fraction of sp³-hybridized carbons (Fsp3) is 0.786. The fourth-order valence-corrected chi connectivity index (χ4v) is 2.68. The van der Waals surface area contributed by atoms with Gasteiger partial charge in [0.1, 0.15) is 18.7 Å². The summed E-state index contributed by atoms with van der Waals surface area (Å²) in [6, 6.07) is -0.0909. The Morgan fingerprint density at radius 1 is 1.50 bits per heavy atom. The molecule has 112 valence electrons. The number of amides is 1. The number of piperidine rings is 1. The molecule has 1 aliphatic heterocycles. The maximum Gasteiger partial charge on any atom is 0.247 e. The molecule has 6 nitrogen and oxygen atoms in total. The molecule has 1 N–H and O–H groups in total. The van der Waals surface area contributed by atoms with E-state index in [9.17, 15) is 4.79 Å². The molecule has 1 amide bonds. The second-order valence-electron chi connectivity index (χ2n) is 5.85. The molecule has 0 aliphatic carbocycles. The first-order valence-electron chi connectivity index (χ1n) is 7.45. The van der Waals surface area contributed by atoms with Crippen LogP contribution >= 0.6 is 0 Å². The molecule has 2 unspecified atom stereocenters. The molecule has 0 saturated carbocycles. The van der Waals surface area contributed by atoms with Crippen LogP contribution in [0.5, 0.6) is 0 Å². The van der Waals surface area contributed by atoms with Gasteiger partial charge < -0.3 is 10.2 Å². The van der Waals surface area contributed by atoms with Crippen molar-refractivity contribution in [2.75, 3.05) is 19.6 Å². The minimum absolute atomic E-state index is 0.121. The van der Waals surface area contributed by atoms with E-state index in [-0.39, 0.29) is 18.0 Å². The molecule has 6 heteroatoms. The number of carbonyl (C=O) groups is 1. The van der Waals surface area contributed by atoms with E-state index in [0.29, 0.717) is 5.92 Å². The van der Waals surface area contributed by atoms with Crippen molar-refractivity contribution in [3.05, 3.63) is 12.7 Å². The summed E-state index contributed by atoms with van der Waals surface area (Å²) in [5.74, 6) is 0.675. The Hall–Kier alpha value is -1.43. The summed E-state index contributed by atoms with van der Waals surface area (Å²) >= 11 is 0. The topological polar surface area (TPSA) is 63.1 Å². The lowest BCUT2D eigenvalue weighted by molar-refractivity contribution is -0.137. The van der Waals surface area contributed by atoms with Crippen LogP contribution in [0.15, 0.2) is 12.7 Å². The van der Waals surface area contributed by atoms with E-state index in [2.05, 4.69) is 29.2 Å². The van der Waals surface area contributed by atoms with Gasteiger partial charge in [0.25, 0.3) is 0 Å². The summed E-state index contributed by atoms with van der Waals surface area (Å²) in [6.07, 6.45) is 5.46. The van der Waals surface area contributed by atoms with Crippen molar-refractivity contribution >= 4 is 5.91 Å². The molecular formula is C14H25N5O. The maximum absolute atomic E-state index is 12.7. The third kappa shape index (κ3) is 3.56. The highest BCUT2D eigenvalue weighted by molar-refractivity contribution is 5.80. The smallest absolute Gasteiger partial charge is 0.247 e. The zero-order valence-corrected chi connectivity index (χ0v) is 12.6. The van der Waals surface area contributed by atoms with Crippen molar-refractivity contribution in [3.63, 3.8) is 0 Å². The molecule has 0 spiro atoms. The molecule has 0 aromatic carbocycles. The monoisotopic (exact) mass is 279 g/mol. The lowest BCUT2D eigenvalue weighted by Crippen LogP contribution is -2.46. The van der Waals surface area contributed by atoms with Gasteiger partial charge in [-0.3, -0.25) is 4.79 Å². The van der Waals surface area contributed by atoms with Crippen molar-refractivity contribution in [1.82, 2.24) is 25.0 Å². The summed E-state index contributed by atoms with van der Waals surface area (Å²) in [7, 11) is 0. The summed E-state index contributed by atoms with van der Waals surface area (Å²) in [6.45, 7) is 8.95. The highest BCUT2D eigenvalue weighted by Gasteiger charge is 2.27. The SMILES string of the molecule is CC(C)N(CC1CCCNC1)C(=O)C(C)n1cncn1. The highest BCUT2D eigenvalue weighted by Crippen LogP contribution is 2.17. The molecule has 20 heavy (non-hydrogen) atoms. The third-order valence-electron chi connectivity index (χ3n) is 3.95. The lowest BCUT2D eigenvalue weighted by Gasteiger charge is -2.34. The average Bonchev–Trinajstić information content (AvgIpc) is 2.98. The van der Waals surface area contributed by atoms with Crippen LogP contribution < -0.4 is 5.32 Å². The minimum atomic E-state index is -0.295. The van der Waals surface area contributed by atoms with Crippen LogP contribution in [0.25, 0.3) is 0 Å². The third-order valence-corrected chi connectivity index (χ3v) is 3.95. The van der Waals surface area contributed by atoms with Gasteiger partial charge in [0.05, 0.1) is 0 Å². The molecular weight excluding hydrogens is 254 g/mol. The van der Waals surface area contributed by atoms with E-state index in [4.69, 9.17) is 0 Å². The zero-order valence-electron chi connectivity index (χ0n) is 12.6. The van der Waals surface area contributed by atoms with E-state index >= 15 is 0 Å². The average molecular weight is 279 g/mol. The largest absolute Gasteiger partial charge is 0.338 e. The van der Waals surface area contributed by atoms with E-state index in [1.807, 2.05) is 11.8 Å². The van der Waals surface area contributed by atoms with Gasteiger partial charge in [-0.2, -0.15) is 5.10 Å². The summed E-state index contributed by atoms with van der Waals surface area (Å²) in [4.78, 5) is 18.6. The molecule has 1 aromatic rings. The minimum Gasteiger partial charge on any atom is -0.338 e. The Kier molecular flexibility index (Phi) is 5.11. The Labute approximate surface area is 120 Å². The van der Waals surface area contributed by atoms with Crippen LogP contribution in [-0.4, -0.2) is 51.2 Å². The predicted molar refractivity (Wildman–Crippen MR) is 77.2 cm³/mol. The van der Waals surface area contributed by atoms with Crippen molar-refractivity contribution in [2.24, 2.45) is 5.92 Å². The number of hydrogen-bond donors (Lipinski definition) is 1. The van der Waals surface area contributed by atoms with Gasteiger partial charge in [0.15, 0.2) is 0 Å². The van der Waals surface area contributed by atoms with Crippen LogP contribution in [0.3, 0.4) is 0 Å². The first-order chi connectivity index (χ1) is 9.59. The van der Waals surface area contributed by atoms with E-state index < -0.39 is 0 Å². The molecule has 0 radical (unpaired) electrons. The van der Waals surface area contributed by atoms with E-state index in [0.717, 1.165) is 19.6 Å². The van der Waals surface area contributed by atoms with Gasteiger partial charge in [0.2, 0.25) is 5.91 Å². The second-order valence-corrected chi connectivity index (χ2v) is 5.85. The first kappa shape index (κ1) is 15.0. The van der Waals surface area contributed by atoms with Gasteiger partial charge in [-0.15, -0.1) is 0 Å². The van der Waals surface area contributed by atoms with Gasteiger partial charge in [-0.1, -0.05) is 0 Å². The molecule has 1 aliphatic rings. The van der Waals surface area contributed by atoms with Crippen LogP contribution in [0.2, 0.25) is 0 Å². The number of nitrogens with zero attached hydrogens (tertiary/aromatic N) is 4. The molecule has 0 bridgehead atoms. The van der Waals surface area contributed by atoms with Crippen LogP contribution in [0.1, 0.15) is 39.7 Å². The van der Waals surface area contributed by atoms with Crippen molar-refractivity contribution < 1.29 is 4.79 Å². The Balaban J connectivity index is 2.01. The zero-order chi connectivity index (χ0) is 14.5. The van der Waals surface area contributed by atoms with Gasteiger partial charge in [-0.25, -0.2) is 9.67 Å². The summed E-state index contributed by atoms with van der Waals surface area (Å²) < 4.78 is 1.62. The second kappa shape index (κ2) is 6.83. The Morgan fingerprint density at radius 2 is 2.30 bits per heavy atom.